The van der Waals surface area contributed by atoms with E-state index in [2.05, 4.69) is 20.6 Å². The van der Waals surface area contributed by atoms with Gasteiger partial charge < -0.3 is 5.32 Å². The third-order valence-electron chi connectivity index (χ3n) is 4.57. The summed E-state index contributed by atoms with van der Waals surface area (Å²) >= 11 is 0. The number of fused-ring (bicyclic) bond motifs is 1. The topological polar surface area (TPSA) is 58.3 Å². The van der Waals surface area contributed by atoms with Gasteiger partial charge in [-0.05, 0) is 43.9 Å². The number of halogens is 3. The Morgan fingerprint density at radius 3 is 2.75 bits per heavy atom. The van der Waals surface area contributed by atoms with Crippen LogP contribution in [0.5, 0.6) is 0 Å². The Hall–Kier alpha value is -1.90. The summed E-state index contributed by atoms with van der Waals surface area (Å²) in [6.07, 6.45) is -1.11. The van der Waals surface area contributed by atoms with Crippen molar-refractivity contribution in [3.8, 4) is 0 Å². The Labute approximate surface area is 137 Å². The molecular formula is C15H19F3N6. The number of likely N-dealkylation sites (tertiary alicyclic amines) is 1. The smallest absolute Gasteiger partial charge is 0.368 e. The minimum Gasteiger partial charge on any atom is -0.368 e. The minimum atomic E-state index is -4.12. The average molecular weight is 340 g/mol. The van der Waals surface area contributed by atoms with Crippen molar-refractivity contribution in [2.45, 2.75) is 31.4 Å². The van der Waals surface area contributed by atoms with Crippen molar-refractivity contribution in [3.05, 3.63) is 18.0 Å². The first kappa shape index (κ1) is 15.6. The zero-order valence-electron chi connectivity index (χ0n) is 13.1. The Balaban J connectivity index is 1.36. The standard InChI is InChI=1S/C15H19F3N6/c16-15(17,18)9-23-6-5-10(8-23)7-19-12-3-4-13-20-21-14(11-1-2-11)24(13)22-12/h3-4,10-11H,1-2,5-9H2,(H,19,22). The summed E-state index contributed by atoms with van der Waals surface area (Å²) < 4.78 is 39.1. The summed E-state index contributed by atoms with van der Waals surface area (Å²) in [5.41, 5.74) is 0.722. The monoisotopic (exact) mass is 340 g/mol. The fraction of sp³-hybridized carbons (Fsp3) is 0.667. The van der Waals surface area contributed by atoms with Crippen molar-refractivity contribution in [2.75, 3.05) is 31.5 Å². The molecule has 1 aliphatic heterocycles. The summed E-state index contributed by atoms with van der Waals surface area (Å²) in [5.74, 6) is 2.26. The van der Waals surface area contributed by atoms with E-state index in [4.69, 9.17) is 0 Å². The molecule has 3 heterocycles. The molecule has 0 aromatic carbocycles. The van der Waals surface area contributed by atoms with Crippen LogP contribution >= 0.6 is 0 Å². The van der Waals surface area contributed by atoms with Gasteiger partial charge >= 0.3 is 6.18 Å². The van der Waals surface area contributed by atoms with E-state index in [9.17, 15) is 13.2 Å². The Morgan fingerprint density at radius 1 is 1.17 bits per heavy atom. The van der Waals surface area contributed by atoms with Crippen molar-refractivity contribution < 1.29 is 13.2 Å². The van der Waals surface area contributed by atoms with E-state index in [-0.39, 0.29) is 5.92 Å². The Morgan fingerprint density at radius 2 is 2.00 bits per heavy atom. The summed E-state index contributed by atoms with van der Waals surface area (Å²) in [6, 6.07) is 3.70. The van der Waals surface area contributed by atoms with Crippen LogP contribution in [0.2, 0.25) is 0 Å². The summed E-state index contributed by atoms with van der Waals surface area (Å²) in [6.45, 7) is 0.761. The third-order valence-corrected chi connectivity index (χ3v) is 4.57. The van der Waals surface area contributed by atoms with E-state index in [1.807, 2.05) is 12.1 Å². The fourth-order valence-corrected chi connectivity index (χ4v) is 3.22. The first-order valence-corrected chi connectivity index (χ1v) is 8.23. The van der Waals surface area contributed by atoms with Crippen molar-refractivity contribution in [1.82, 2.24) is 24.7 Å². The van der Waals surface area contributed by atoms with Crippen LogP contribution in [0, 0.1) is 5.92 Å². The van der Waals surface area contributed by atoms with Gasteiger partial charge in [-0.3, -0.25) is 4.90 Å². The first-order valence-electron chi connectivity index (χ1n) is 8.23. The lowest BCUT2D eigenvalue weighted by Gasteiger charge is -2.18. The average Bonchev–Trinajstić information content (AvgIpc) is 3.13. The molecule has 4 rings (SSSR count). The lowest BCUT2D eigenvalue weighted by molar-refractivity contribution is -0.143. The maximum atomic E-state index is 12.4. The minimum absolute atomic E-state index is 0.202. The molecule has 1 N–H and O–H groups in total. The zero-order chi connectivity index (χ0) is 16.7. The number of hydrogen-bond donors (Lipinski definition) is 1. The second kappa shape index (κ2) is 5.87. The van der Waals surface area contributed by atoms with E-state index in [1.54, 1.807) is 4.52 Å². The molecule has 9 heteroatoms. The number of nitrogens with zero attached hydrogens (tertiary/aromatic N) is 5. The molecule has 0 radical (unpaired) electrons. The van der Waals surface area contributed by atoms with Crippen molar-refractivity contribution in [2.24, 2.45) is 5.92 Å². The lowest BCUT2D eigenvalue weighted by atomic mass is 10.1. The van der Waals surface area contributed by atoms with Crippen LogP contribution in [0.15, 0.2) is 12.1 Å². The molecule has 24 heavy (non-hydrogen) atoms. The highest BCUT2D eigenvalue weighted by Crippen LogP contribution is 2.38. The van der Waals surface area contributed by atoms with E-state index in [0.717, 1.165) is 30.7 Å². The largest absolute Gasteiger partial charge is 0.401 e. The summed E-state index contributed by atoms with van der Waals surface area (Å²) in [4.78, 5) is 1.47. The van der Waals surface area contributed by atoms with Gasteiger partial charge in [-0.2, -0.15) is 17.7 Å². The fourth-order valence-electron chi connectivity index (χ4n) is 3.22. The number of alkyl halides is 3. The van der Waals surface area contributed by atoms with Gasteiger partial charge in [0.15, 0.2) is 11.5 Å². The molecule has 0 spiro atoms. The zero-order valence-corrected chi connectivity index (χ0v) is 13.1. The molecule has 2 aromatic rings. The van der Waals surface area contributed by atoms with Crippen LogP contribution in [0.1, 0.15) is 31.0 Å². The van der Waals surface area contributed by atoms with Crippen LogP contribution in [-0.2, 0) is 0 Å². The Kier molecular flexibility index (Phi) is 3.82. The van der Waals surface area contributed by atoms with Crippen LogP contribution in [0.3, 0.4) is 0 Å². The number of nitrogens with one attached hydrogen (secondary N) is 1. The quantitative estimate of drug-likeness (QED) is 0.905. The van der Waals surface area contributed by atoms with Gasteiger partial charge in [0.25, 0.3) is 0 Å². The molecule has 0 bridgehead atoms. The SMILES string of the molecule is FC(F)(F)CN1CCC(CNc2ccc3nnc(C4CC4)n3n2)C1. The second-order valence-corrected chi connectivity index (χ2v) is 6.71. The number of hydrogen-bond acceptors (Lipinski definition) is 5. The highest BCUT2D eigenvalue weighted by molar-refractivity contribution is 5.44. The maximum absolute atomic E-state index is 12.4. The molecule has 1 unspecified atom stereocenters. The van der Waals surface area contributed by atoms with Crippen molar-refractivity contribution in [3.63, 3.8) is 0 Å². The van der Waals surface area contributed by atoms with Gasteiger partial charge in [0.1, 0.15) is 5.82 Å². The van der Waals surface area contributed by atoms with Gasteiger partial charge in [0.2, 0.25) is 0 Å². The Bertz CT molecular complexity index is 724. The molecule has 1 saturated heterocycles. The molecule has 0 amide bonds. The highest BCUT2D eigenvalue weighted by Gasteiger charge is 2.34. The number of aromatic nitrogens is 4. The third kappa shape index (κ3) is 3.45. The molecule has 6 nitrogen and oxygen atoms in total. The van der Waals surface area contributed by atoms with Gasteiger partial charge in [-0.1, -0.05) is 0 Å². The van der Waals surface area contributed by atoms with Gasteiger partial charge in [0.05, 0.1) is 6.54 Å². The van der Waals surface area contributed by atoms with E-state index in [1.165, 1.54) is 4.90 Å². The highest BCUT2D eigenvalue weighted by atomic mass is 19.4. The van der Waals surface area contributed by atoms with E-state index in [0.29, 0.717) is 31.4 Å². The van der Waals surface area contributed by atoms with Gasteiger partial charge in [-0.25, -0.2) is 0 Å². The van der Waals surface area contributed by atoms with Crippen LogP contribution in [0.4, 0.5) is 19.0 Å². The van der Waals surface area contributed by atoms with Crippen molar-refractivity contribution in [1.29, 1.82) is 0 Å². The van der Waals surface area contributed by atoms with Crippen LogP contribution in [-0.4, -0.2) is 57.1 Å². The summed E-state index contributed by atoms with van der Waals surface area (Å²) in [7, 11) is 0. The van der Waals surface area contributed by atoms with Crippen molar-refractivity contribution >= 4 is 11.5 Å². The van der Waals surface area contributed by atoms with E-state index < -0.39 is 12.7 Å². The van der Waals surface area contributed by atoms with Gasteiger partial charge in [0, 0.05) is 19.0 Å². The van der Waals surface area contributed by atoms with Crippen LogP contribution in [0.25, 0.3) is 5.65 Å². The number of rotatable bonds is 5. The maximum Gasteiger partial charge on any atom is 0.401 e. The molecule has 1 saturated carbocycles. The molecule has 1 atom stereocenters. The predicted octanol–water partition coefficient (Wildman–Crippen LogP) is 2.30. The first-order chi connectivity index (χ1) is 11.5. The van der Waals surface area contributed by atoms with Gasteiger partial charge in [-0.15, -0.1) is 15.3 Å². The summed E-state index contributed by atoms with van der Waals surface area (Å²) in [5, 5.41) is 16.1. The molecular weight excluding hydrogens is 321 g/mol. The molecule has 2 aliphatic rings. The normalized spacial score (nSPS) is 22.4. The number of anilines is 1. The molecule has 130 valence electrons. The molecule has 2 aromatic heterocycles. The molecule has 2 fully saturated rings. The molecule has 1 aliphatic carbocycles. The predicted molar refractivity (Wildman–Crippen MR) is 81.8 cm³/mol. The second-order valence-electron chi connectivity index (χ2n) is 6.71. The van der Waals surface area contributed by atoms with E-state index >= 15 is 0 Å². The lowest BCUT2D eigenvalue weighted by Crippen LogP contribution is -2.33. The van der Waals surface area contributed by atoms with Crippen LogP contribution < -0.4 is 5.32 Å².